The van der Waals surface area contributed by atoms with Crippen LogP contribution >= 0.6 is 35.0 Å². The Labute approximate surface area is 217 Å². The molecule has 184 valence electrons. The number of amidine groups is 3. The number of hydrogen-bond donors (Lipinski definition) is 1. The Morgan fingerprint density at radius 1 is 1.22 bits per heavy atom. The molecule has 11 nitrogen and oxygen atoms in total. The molecule has 3 aromatic rings. The molecule has 2 aromatic heterocycles. The molecular formula is C22H19N7O4S3. The lowest BCUT2D eigenvalue weighted by Crippen LogP contribution is -2.41. The number of nitrogens with zero attached hydrogens (tertiary/aromatic N) is 6. The summed E-state index contributed by atoms with van der Waals surface area (Å²) in [6.07, 6.45) is 4.16. The molecule has 5 rings (SSSR count). The largest absolute Gasteiger partial charge is 0.493 e. The summed E-state index contributed by atoms with van der Waals surface area (Å²) in [6.45, 7) is 2.03. The number of hydrogen-bond acceptors (Lipinski definition) is 11. The third-order valence-electron chi connectivity index (χ3n) is 5.19. The van der Waals surface area contributed by atoms with Gasteiger partial charge in [0.2, 0.25) is 10.1 Å². The Bertz CT molecular complexity index is 1560. The second-order valence-electron chi connectivity index (χ2n) is 7.44. The number of fused-ring (bicyclic) bond motifs is 2. The standard InChI is InChI=1S/C22H19N7O4S3/c1-4-16-26-29-17(30)9-12(24-21(29)35-16)10-33-14-6-5-11(8-15(14)32-2)7-13-18(23)28-20(25-19(13)31)36-27-22(28)34-3/h5-9,23H,4,10H2,1-3H3/b13-7-,23-18?. The molecule has 0 aliphatic carbocycles. The Hall–Kier alpha value is -3.49. The van der Waals surface area contributed by atoms with E-state index in [9.17, 15) is 9.59 Å². The van der Waals surface area contributed by atoms with Gasteiger partial charge in [-0.2, -0.15) is 19.0 Å². The van der Waals surface area contributed by atoms with Gasteiger partial charge in [0.05, 0.1) is 30.3 Å². The van der Waals surface area contributed by atoms with Gasteiger partial charge in [0, 0.05) is 6.07 Å². The first kappa shape index (κ1) is 24.2. The van der Waals surface area contributed by atoms with Crippen LogP contribution in [-0.4, -0.2) is 54.9 Å². The molecule has 1 N–H and O–H groups in total. The molecular weight excluding hydrogens is 522 g/mol. The van der Waals surface area contributed by atoms with E-state index in [1.165, 1.54) is 40.8 Å². The molecule has 2 aliphatic heterocycles. The van der Waals surface area contributed by atoms with Crippen molar-refractivity contribution in [3.05, 3.63) is 56.5 Å². The number of rotatable bonds is 6. The monoisotopic (exact) mass is 541 g/mol. The van der Waals surface area contributed by atoms with Crippen molar-refractivity contribution in [3.8, 4) is 11.5 Å². The number of carbonyl (C=O) groups excluding carboxylic acids is 1. The van der Waals surface area contributed by atoms with Gasteiger partial charge in [-0.1, -0.05) is 36.1 Å². The molecule has 0 saturated carbocycles. The molecule has 0 saturated heterocycles. The Morgan fingerprint density at radius 3 is 2.81 bits per heavy atom. The highest BCUT2D eigenvalue weighted by atomic mass is 32.2. The highest BCUT2D eigenvalue weighted by molar-refractivity contribution is 8.18. The Balaban J connectivity index is 1.38. The molecule has 0 bridgehead atoms. The van der Waals surface area contributed by atoms with Gasteiger partial charge >= 0.3 is 0 Å². The topological polar surface area (TPSA) is 135 Å². The van der Waals surface area contributed by atoms with E-state index < -0.39 is 5.91 Å². The Morgan fingerprint density at radius 2 is 2.06 bits per heavy atom. The van der Waals surface area contributed by atoms with Gasteiger partial charge in [0.15, 0.2) is 16.7 Å². The number of ether oxygens (including phenoxy) is 2. The number of aliphatic imine (C=N–C) groups is 1. The van der Waals surface area contributed by atoms with Gasteiger partial charge in [-0.15, -0.1) is 0 Å². The van der Waals surface area contributed by atoms with Gasteiger partial charge in [-0.3, -0.25) is 15.0 Å². The zero-order valence-corrected chi connectivity index (χ0v) is 21.8. The van der Waals surface area contributed by atoms with Crippen molar-refractivity contribution in [2.45, 2.75) is 20.0 Å². The highest BCUT2D eigenvalue weighted by Crippen LogP contribution is 2.33. The first-order valence-corrected chi connectivity index (χ1v) is 13.5. The number of benzene rings is 1. The molecule has 14 heteroatoms. The van der Waals surface area contributed by atoms with Crippen molar-refractivity contribution in [1.29, 1.82) is 5.41 Å². The van der Waals surface area contributed by atoms with Crippen LogP contribution in [0.15, 0.2) is 44.0 Å². The molecule has 36 heavy (non-hydrogen) atoms. The van der Waals surface area contributed by atoms with Crippen LogP contribution in [0.2, 0.25) is 0 Å². The molecule has 0 atom stereocenters. The van der Waals surface area contributed by atoms with Gasteiger partial charge in [-0.25, -0.2) is 9.88 Å². The number of thioether (sulfide) groups is 1. The summed E-state index contributed by atoms with van der Waals surface area (Å²) in [4.78, 5) is 35.6. The number of carbonyl (C=O) groups is 1. The third kappa shape index (κ3) is 4.42. The predicted molar refractivity (Wildman–Crippen MR) is 142 cm³/mol. The zero-order valence-electron chi connectivity index (χ0n) is 19.3. The van der Waals surface area contributed by atoms with E-state index in [4.69, 9.17) is 14.9 Å². The normalized spacial score (nSPS) is 16.4. The highest BCUT2D eigenvalue weighted by Gasteiger charge is 2.37. The fourth-order valence-electron chi connectivity index (χ4n) is 3.46. The molecule has 0 unspecified atom stereocenters. The van der Waals surface area contributed by atoms with Crippen LogP contribution in [0.5, 0.6) is 11.5 Å². The van der Waals surface area contributed by atoms with Crippen molar-refractivity contribution >= 4 is 68.2 Å². The van der Waals surface area contributed by atoms with Crippen LogP contribution in [-0.2, 0) is 17.8 Å². The van der Waals surface area contributed by atoms with Gasteiger partial charge < -0.3 is 9.47 Å². The van der Waals surface area contributed by atoms with Crippen LogP contribution in [0.1, 0.15) is 23.2 Å². The summed E-state index contributed by atoms with van der Waals surface area (Å²) in [6, 6.07) is 6.54. The second kappa shape index (κ2) is 9.87. The van der Waals surface area contributed by atoms with Crippen LogP contribution in [0.25, 0.3) is 11.0 Å². The second-order valence-corrected chi connectivity index (χ2v) is 9.98. The lowest BCUT2D eigenvalue weighted by atomic mass is 10.1. The maximum atomic E-state index is 12.6. The quantitative estimate of drug-likeness (QED) is 0.369. The average molecular weight is 542 g/mol. The fourth-order valence-corrected chi connectivity index (χ4v) is 5.77. The number of nitrogens with one attached hydrogen (secondary N) is 1. The number of aromatic nitrogens is 3. The first-order chi connectivity index (χ1) is 17.4. The summed E-state index contributed by atoms with van der Waals surface area (Å²) in [5.41, 5.74) is 0.992. The molecule has 1 amide bonds. The molecule has 1 aromatic carbocycles. The zero-order chi connectivity index (χ0) is 25.4. The predicted octanol–water partition coefficient (Wildman–Crippen LogP) is 3.24. The lowest BCUT2D eigenvalue weighted by molar-refractivity contribution is -0.114. The number of methoxy groups -OCH3 is 1. The van der Waals surface area contributed by atoms with Crippen molar-refractivity contribution in [2.24, 2.45) is 9.39 Å². The van der Waals surface area contributed by atoms with Gasteiger partial charge in [0.25, 0.3) is 11.5 Å². The van der Waals surface area contributed by atoms with Gasteiger partial charge in [0.1, 0.15) is 17.5 Å². The van der Waals surface area contributed by atoms with Crippen LogP contribution < -0.4 is 15.0 Å². The average Bonchev–Trinajstić information content (AvgIpc) is 3.49. The van der Waals surface area contributed by atoms with Crippen molar-refractivity contribution in [3.63, 3.8) is 0 Å². The van der Waals surface area contributed by atoms with Crippen molar-refractivity contribution in [1.82, 2.24) is 19.5 Å². The van der Waals surface area contributed by atoms with E-state index in [2.05, 4.69) is 19.5 Å². The van der Waals surface area contributed by atoms with Crippen LogP contribution in [0.3, 0.4) is 0 Å². The minimum absolute atomic E-state index is 0.0180. The van der Waals surface area contributed by atoms with Crippen molar-refractivity contribution < 1.29 is 14.3 Å². The summed E-state index contributed by atoms with van der Waals surface area (Å²) >= 11 is 3.82. The van der Waals surface area contributed by atoms with E-state index in [0.29, 0.717) is 38.1 Å². The van der Waals surface area contributed by atoms with E-state index in [-0.39, 0.29) is 23.6 Å². The number of amides is 1. The summed E-state index contributed by atoms with van der Waals surface area (Å²) < 4.78 is 16.9. The lowest BCUT2D eigenvalue weighted by Gasteiger charge is -2.23. The maximum Gasteiger partial charge on any atom is 0.283 e. The van der Waals surface area contributed by atoms with E-state index in [0.717, 1.165) is 23.4 Å². The molecule has 2 aliphatic rings. The maximum absolute atomic E-state index is 12.6. The minimum Gasteiger partial charge on any atom is -0.493 e. The molecule has 0 spiro atoms. The van der Waals surface area contributed by atoms with Crippen molar-refractivity contribution in [2.75, 3.05) is 13.4 Å². The van der Waals surface area contributed by atoms with Crippen LogP contribution in [0.4, 0.5) is 0 Å². The fraction of sp³-hybridized carbons (Fsp3) is 0.227. The SMILES string of the molecule is CCc1nn2c(=O)cc(COc3ccc(/C=C4/C(=N)N5C(SC)=NSC5=NC4=O)cc3OC)nc2s1. The first-order valence-electron chi connectivity index (χ1n) is 10.6. The summed E-state index contributed by atoms with van der Waals surface area (Å²) in [5, 5.41) is 14.6. The number of aryl methyl sites for hydroxylation is 1. The van der Waals surface area contributed by atoms with Gasteiger partial charge in [-0.05, 0) is 36.4 Å². The minimum atomic E-state index is -0.502. The summed E-state index contributed by atoms with van der Waals surface area (Å²) in [5.74, 6) is 0.385. The Kier molecular flexibility index (Phi) is 6.64. The smallest absolute Gasteiger partial charge is 0.283 e. The van der Waals surface area contributed by atoms with E-state index in [1.54, 1.807) is 29.2 Å². The molecule has 0 fully saturated rings. The summed E-state index contributed by atoms with van der Waals surface area (Å²) in [7, 11) is 1.51. The van der Waals surface area contributed by atoms with E-state index >= 15 is 0 Å². The molecule has 4 heterocycles. The van der Waals surface area contributed by atoms with Crippen LogP contribution in [0, 0.1) is 5.41 Å². The molecule has 0 radical (unpaired) electrons. The third-order valence-corrected chi connectivity index (χ3v) is 7.70. The van der Waals surface area contributed by atoms with E-state index in [1.807, 2.05) is 13.2 Å².